The van der Waals surface area contributed by atoms with E-state index in [1.807, 2.05) is 6.07 Å². The van der Waals surface area contributed by atoms with Crippen molar-refractivity contribution < 1.29 is 14.6 Å². The minimum absolute atomic E-state index is 0.486. The van der Waals surface area contributed by atoms with E-state index < -0.39 is 17.9 Å². The topological polar surface area (TPSA) is 82.3 Å². The number of nitrogens with zero attached hydrogens (tertiary/aromatic N) is 1. The molecule has 5 nitrogen and oxygen atoms in total. The van der Waals surface area contributed by atoms with Crippen LogP contribution < -0.4 is 5.32 Å². The normalized spacial score (nSPS) is 12.4. The van der Waals surface area contributed by atoms with Crippen molar-refractivity contribution in [2.75, 3.05) is 0 Å². The van der Waals surface area contributed by atoms with Crippen LogP contribution in [0.3, 0.4) is 0 Å². The molecule has 0 aromatic heterocycles. The van der Waals surface area contributed by atoms with Crippen molar-refractivity contribution in [3.8, 4) is 6.07 Å². The molecule has 0 aliphatic rings. The maximum atomic E-state index is 11.4. The maximum absolute atomic E-state index is 11.4. The molecule has 0 fully saturated rings. The molecular formula is C13H16N2O3. The molecule has 0 bridgehead atoms. The second kappa shape index (κ2) is 5.52. The number of carbonyl (C=O) groups is 1. The Kier molecular flexibility index (Phi) is 4.29. The van der Waals surface area contributed by atoms with Crippen LogP contribution in [0, 0.1) is 11.3 Å². The quantitative estimate of drug-likeness (QED) is 0.785. The highest BCUT2D eigenvalue weighted by atomic mass is 16.6. The summed E-state index contributed by atoms with van der Waals surface area (Å²) in [7, 11) is 0. The van der Waals surface area contributed by atoms with E-state index in [-0.39, 0.29) is 0 Å². The second-order valence-electron chi connectivity index (χ2n) is 4.78. The van der Waals surface area contributed by atoms with Crippen LogP contribution in [0.1, 0.15) is 38.1 Å². The Morgan fingerprint density at radius 1 is 1.39 bits per heavy atom. The van der Waals surface area contributed by atoms with Gasteiger partial charge in [0.05, 0.1) is 11.6 Å². The Balaban J connectivity index is 2.62. The van der Waals surface area contributed by atoms with Crippen molar-refractivity contribution >= 4 is 6.09 Å². The van der Waals surface area contributed by atoms with Crippen molar-refractivity contribution in [3.05, 3.63) is 35.4 Å². The summed E-state index contributed by atoms with van der Waals surface area (Å²) in [5.41, 5.74) is 0.358. The highest BCUT2D eigenvalue weighted by Crippen LogP contribution is 2.13. The molecule has 0 aliphatic heterocycles. The van der Waals surface area contributed by atoms with Crippen LogP contribution in [0.25, 0.3) is 0 Å². The third kappa shape index (κ3) is 4.44. The molecule has 0 aliphatic carbocycles. The predicted molar refractivity (Wildman–Crippen MR) is 65.5 cm³/mol. The van der Waals surface area contributed by atoms with Crippen LogP contribution in [0.4, 0.5) is 4.79 Å². The number of hydrogen-bond donors (Lipinski definition) is 2. The average Bonchev–Trinajstić information content (AvgIpc) is 2.26. The highest BCUT2D eigenvalue weighted by Gasteiger charge is 2.18. The van der Waals surface area contributed by atoms with E-state index in [0.717, 1.165) is 0 Å². The minimum Gasteiger partial charge on any atom is -0.444 e. The first kappa shape index (κ1) is 14.0. The zero-order chi connectivity index (χ0) is 13.8. The minimum atomic E-state index is -1.16. The zero-order valence-electron chi connectivity index (χ0n) is 10.6. The first-order valence-corrected chi connectivity index (χ1v) is 5.49. The number of alkyl carbamates (subject to hydrolysis) is 1. The molecule has 0 spiro atoms. The molecule has 5 heteroatoms. The van der Waals surface area contributed by atoms with Gasteiger partial charge in [-0.25, -0.2) is 4.79 Å². The Hall–Kier alpha value is -2.06. The number of hydrogen-bond acceptors (Lipinski definition) is 4. The number of carbonyl (C=O) groups excluding carboxylic acids is 1. The van der Waals surface area contributed by atoms with Crippen LogP contribution in [0.5, 0.6) is 0 Å². The highest BCUT2D eigenvalue weighted by molar-refractivity contribution is 5.68. The Morgan fingerprint density at radius 3 is 2.39 bits per heavy atom. The smallest absolute Gasteiger partial charge is 0.409 e. The van der Waals surface area contributed by atoms with Crippen molar-refractivity contribution in [2.45, 2.75) is 32.6 Å². The number of ether oxygens (including phenoxy) is 1. The molecule has 1 amide bonds. The first-order valence-electron chi connectivity index (χ1n) is 5.49. The molecule has 0 heterocycles. The summed E-state index contributed by atoms with van der Waals surface area (Å²) in [4.78, 5) is 11.4. The van der Waals surface area contributed by atoms with Crippen LogP contribution in [-0.2, 0) is 4.74 Å². The van der Waals surface area contributed by atoms with Gasteiger partial charge < -0.3 is 9.84 Å². The van der Waals surface area contributed by atoms with E-state index in [2.05, 4.69) is 5.32 Å². The monoisotopic (exact) mass is 248 g/mol. The molecule has 96 valence electrons. The van der Waals surface area contributed by atoms with E-state index in [1.54, 1.807) is 45.0 Å². The number of amides is 1. The molecule has 2 N–H and O–H groups in total. The molecule has 1 aromatic rings. The van der Waals surface area contributed by atoms with Gasteiger partial charge in [-0.1, -0.05) is 12.1 Å². The lowest BCUT2D eigenvalue weighted by atomic mass is 10.1. The fourth-order valence-electron chi connectivity index (χ4n) is 1.24. The summed E-state index contributed by atoms with van der Waals surface area (Å²) in [6, 6.07) is 8.24. The summed E-state index contributed by atoms with van der Waals surface area (Å²) < 4.78 is 5.01. The Morgan fingerprint density at radius 2 is 1.94 bits per heavy atom. The van der Waals surface area contributed by atoms with Gasteiger partial charge in [-0.3, -0.25) is 5.32 Å². The van der Waals surface area contributed by atoms with E-state index in [9.17, 15) is 9.90 Å². The maximum Gasteiger partial charge on any atom is 0.409 e. The zero-order valence-corrected chi connectivity index (χ0v) is 10.6. The summed E-state index contributed by atoms with van der Waals surface area (Å²) in [5.74, 6) is 0. The van der Waals surface area contributed by atoms with Crippen LogP contribution in [0.15, 0.2) is 24.3 Å². The Bertz CT molecular complexity index is 455. The summed E-state index contributed by atoms with van der Waals surface area (Å²) in [6.07, 6.45) is -1.85. The number of benzene rings is 1. The van der Waals surface area contributed by atoms with Gasteiger partial charge in [0.15, 0.2) is 6.23 Å². The van der Waals surface area contributed by atoms with E-state index in [0.29, 0.717) is 11.1 Å². The fourth-order valence-corrected chi connectivity index (χ4v) is 1.24. The average molecular weight is 248 g/mol. The molecule has 1 atom stereocenters. The lowest BCUT2D eigenvalue weighted by Gasteiger charge is -2.21. The molecule has 1 rings (SSSR count). The summed E-state index contributed by atoms with van der Waals surface area (Å²) >= 11 is 0. The van der Waals surface area contributed by atoms with E-state index in [4.69, 9.17) is 10.00 Å². The number of aliphatic hydroxyl groups is 1. The third-order valence-electron chi connectivity index (χ3n) is 2.01. The first-order chi connectivity index (χ1) is 8.31. The van der Waals surface area contributed by atoms with Crippen molar-refractivity contribution in [3.63, 3.8) is 0 Å². The van der Waals surface area contributed by atoms with Crippen molar-refractivity contribution in [1.29, 1.82) is 5.26 Å². The molecule has 0 saturated carbocycles. The fraction of sp³-hybridized carbons (Fsp3) is 0.385. The van der Waals surface area contributed by atoms with Gasteiger partial charge in [-0.2, -0.15) is 5.26 Å². The van der Waals surface area contributed by atoms with Crippen molar-refractivity contribution in [1.82, 2.24) is 5.32 Å². The standard InChI is InChI=1S/C13H16N2O3/c1-13(2,3)18-12(17)15-11(16)10-6-4-9(8-14)5-7-10/h4-7,11,16H,1-3H3,(H,15,17). The van der Waals surface area contributed by atoms with Gasteiger partial charge in [-0.15, -0.1) is 0 Å². The number of rotatable bonds is 2. The molecule has 1 aromatic carbocycles. The SMILES string of the molecule is CC(C)(C)OC(=O)NC(O)c1ccc(C#N)cc1. The largest absolute Gasteiger partial charge is 0.444 e. The lowest BCUT2D eigenvalue weighted by molar-refractivity contribution is 0.0355. The Labute approximate surface area is 106 Å². The number of aliphatic hydroxyl groups excluding tert-OH is 1. The molecular weight excluding hydrogens is 232 g/mol. The molecule has 0 saturated heterocycles. The van der Waals surface area contributed by atoms with Gasteiger partial charge in [0.25, 0.3) is 0 Å². The van der Waals surface area contributed by atoms with Gasteiger partial charge >= 0.3 is 6.09 Å². The van der Waals surface area contributed by atoms with Gasteiger partial charge in [0.1, 0.15) is 5.60 Å². The van der Waals surface area contributed by atoms with Crippen molar-refractivity contribution in [2.24, 2.45) is 0 Å². The molecule has 18 heavy (non-hydrogen) atoms. The third-order valence-corrected chi connectivity index (χ3v) is 2.01. The summed E-state index contributed by atoms with van der Waals surface area (Å²) in [6.45, 7) is 5.21. The van der Waals surface area contributed by atoms with Gasteiger partial charge in [-0.05, 0) is 32.9 Å². The predicted octanol–water partition coefficient (Wildman–Crippen LogP) is 2.07. The van der Waals surface area contributed by atoms with Crippen LogP contribution in [0.2, 0.25) is 0 Å². The van der Waals surface area contributed by atoms with Gasteiger partial charge in [0.2, 0.25) is 0 Å². The van der Waals surface area contributed by atoms with Crippen LogP contribution in [-0.4, -0.2) is 16.8 Å². The van der Waals surface area contributed by atoms with Crippen LogP contribution >= 0.6 is 0 Å². The van der Waals surface area contributed by atoms with Gasteiger partial charge in [0, 0.05) is 5.56 Å². The molecule has 0 radical (unpaired) electrons. The van der Waals surface area contributed by atoms with E-state index >= 15 is 0 Å². The lowest BCUT2D eigenvalue weighted by Crippen LogP contribution is -2.34. The molecule has 1 unspecified atom stereocenters. The summed E-state index contributed by atoms with van der Waals surface area (Å²) in [5, 5.41) is 20.7. The number of nitriles is 1. The second-order valence-corrected chi connectivity index (χ2v) is 4.78. The van der Waals surface area contributed by atoms with E-state index in [1.165, 1.54) is 0 Å². The number of nitrogens with one attached hydrogen (secondary N) is 1.